The van der Waals surface area contributed by atoms with Gasteiger partial charge >= 0.3 is 0 Å². The highest BCUT2D eigenvalue weighted by Crippen LogP contribution is 2.35. The third kappa shape index (κ3) is 1.80. The van der Waals surface area contributed by atoms with Crippen molar-refractivity contribution in [1.29, 1.82) is 0 Å². The second kappa shape index (κ2) is 4.44. The Labute approximate surface area is 117 Å². The lowest BCUT2D eigenvalue weighted by molar-refractivity contribution is 0.423. The van der Waals surface area contributed by atoms with Gasteiger partial charge in [0.2, 0.25) is 0 Å². The van der Waals surface area contributed by atoms with Crippen molar-refractivity contribution in [2.24, 2.45) is 0 Å². The SMILES string of the molecule is Cc1[nH]c(=S)n2c1C[C@H](c1c(F)c(F)cc(F)c1F)C2. The normalized spacial score (nSPS) is 17.6. The van der Waals surface area contributed by atoms with E-state index in [1.54, 1.807) is 11.5 Å². The number of aromatic amines is 1. The zero-order chi connectivity index (χ0) is 14.6. The maximum absolute atomic E-state index is 13.8. The highest BCUT2D eigenvalue weighted by Gasteiger charge is 2.32. The summed E-state index contributed by atoms with van der Waals surface area (Å²) in [5.41, 5.74) is 1.07. The fourth-order valence-electron chi connectivity index (χ4n) is 2.74. The van der Waals surface area contributed by atoms with Crippen LogP contribution in [0.25, 0.3) is 0 Å². The van der Waals surface area contributed by atoms with Crippen LogP contribution in [-0.4, -0.2) is 9.55 Å². The minimum absolute atomic E-state index is 0.204. The topological polar surface area (TPSA) is 20.7 Å². The smallest absolute Gasteiger partial charge is 0.177 e. The van der Waals surface area contributed by atoms with Crippen molar-refractivity contribution in [3.8, 4) is 0 Å². The Morgan fingerprint density at radius 3 is 2.35 bits per heavy atom. The Bertz CT molecular complexity index is 736. The summed E-state index contributed by atoms with van der Waals surface area (Å²) in [4.78, 5) is 2.94. The van der Waals surface area contributed by atoms with E-state index in [1.165, 1.54) is 0 Å². The summed E-state index contributed by atoms with van der Waals surface area (Å²) in [6.45, 7) is 2.00. The van der Waals surface area contributed by atoms with Crippen LogP contribution in [0.3, 0.4) is 0 Å². The minimum atomic E-state index is -1.38. The van der Waals surface area contributed by atoms with Crippen LogP contribution in [0.2, 0.25) is 0 Å². The number of aryl methyl sites for hydroxylation is 1. The quantitative estimate of drug-likeness (QED) is 0.483. The summed E-state index contributed by atoms with van der Waals surface area (Å²) in [7, 11) is 0. The third-order valence-electron chi connectivity index (χ3n) is 3.69. The summed E-state index contributed by atoms with van der Waals surface area (Å²) in [6, 6.07) is 0.223. The number of fused-ring (bicyclic) bond motifs is 1. The lowest BCUT2D eigenvalue weighted by atomic mass is 9.95. The molecule has 1 aromatic heterocycles. The lowest BCUT2D eigenvalue weighted by Crippen LogP contribution is -2.10. The molecule has 20 heavy (non-hydrogen) atoms. The van der Waals surface area contributed by atoms with Gasteiger partial charge in [0.15, 0.2) is 28.0 Å². The van der Waals surface area contributed by atoms with E-state index in [9.17, 15) is 17.6 Å². The van der Waals surface area contributed by atoms with E-state index in [4.69, 9.17) is 12.2 Å². The van der Waals surface area contributed by atoms with E-state index in [1.807, 2.05) is 0 Å². The molecule has 0 amide bonds. The van der Waals surface area contributed by atoms with Gasteiger partial charge in [0, 0.05) is 35.5 Å². The number of nitrogens with zero attached hydrogens (tertiary/aromatic N) is 1. The monoisotopic (exact) mass is 302 g/mol. The molecule has 1 aromatic carbocycles. The predicted molar refractivity (Wildman–Crippen MR) is 67.1 cm³/mol. The molecule has 0 fully saturated rings. The molecule has 0 aliphatic carbocycles. The van der Waals surface area contributed by atoms with Gasteiger partial charge in [-0.25, -0.2) is 17.6 Å². The summed E-state index contributed by atoms with van der Waals surface area (Å²) < 4.78 is 56.3. The van der Waals surface area contributed by atoms with Crippen LogP contribution in [0.4, 0.5) is 17.6 Å². The molecule has 0 saturated carbocycles. The van der Waals surface area contributed by atoms with Gasteiger partial charge < -0.3 is 9.55 Å². The van der Waals surface area contributed by atoms with Crippen LogP contribution in [0.15, 0.2) is 6.07 Å². The van der Waals surface area contributed by atoms with Crippen LogP contribution >= 0.6 is 12.2 Å². The molecule has 1 aliphatic heterocycles. The summed E-state index contributed by atoms with van der Waals surface area (Å²) in [5, 5.41) is 0. The molecule has 106 valence electrons. The molecule has 1 atom stereocenters. The Kier molecular flexibility index (Phi) is 2.97. The zero-order valence-electron chi connectivity index (χ0n) is 10.4. The van der Waals surface area contributed by atoms with Crippen LogP contribution in [-0.2, 0) is 13.0 Å². The highest BCUT2D eigenvalue weighted by molar-refractivity contribution is 7.71. The number of aromatic nitrogens is 2. The van der Waals surface area contributed by atoms with E-state index in [2.05, 4.69) is 4.98 Å². The molecule has 0 unspecified atom stereocenters. The van der Waals surface area contributed by atoms with E-state index < -0.39 is 34.8 Å². The van der Waals surface area contributed by atoms with Gasteiger partial charge in [0.05, 0.1) is 0 Å². The predicted octanol–water partition coefficient (Wildman–Crippen LogP) is 3.75. The first-order valence-electron chi connectivity index (χ1n) is 6.01. The molecule has 7 heteroatoms. The zero-order valence-corrected chi connectivity index (χ0v) is 11.3. The fourth-order valence-corrected chi connectivity index (χ4v) is 3.08. The summed E-state index contributed by atoms with van der Waals surface area (Å²) in [6.07, 6.45) is 0.287. The van der Waals surface area contributed by atoms with Gasteiger partial charge in [-0.3, -0.25) is 0 Å². The maximum Gasteiger partial charge on any atom is 0.177 e. The summed E-state index contributed by atoms with van der Waals surface area (Å²) >= 11 is 5.09. The summed E-state index contributed by atoms with van der Waals surface area (Å²) in [5.74, 6) is -6.07. The molecule has 2 heterocycles. The Morgan fingerprint density at radius 1 is 1.20 bits per heavy atom. The number of hydrogen-bond donors (Lipinski definition) is 1. The molecular weight excluding hydrogens is 292 g/mol. The molecule has 3 rings (SSSR count). The van der Waals surface area contributed by atoms with Crippen molar-refractivity contribution in [3.05, 3.63) is 51.1 Å². The van der Waals surface area contributed by atoms with Crippen molar-refractivity contribution in [1.82, 2.24) is 9.55 Å². The second-order valence-electron chi connectivity index (χ2n) is 4.90. The van der Waals surface area contributed by atoms with E-state index in [0.717, 1.165) is 11.4 Å². The van der Waals surface area contributed by atoms with Gasteiger partial charge in [0.25, 0.3) is 0 Å². The number of benzene rings is 1. The first kappa shape index (κ1) is 13.4. The Hall–Kier alpha value is -1.63. The van der Waals surface area contributed by atoms with E-state index in [-0.39, 0.29) is 19.0 Å². The largest absolute Gasteiger partial charge is 0.335 e. The van der Waals surface area contributed by atoms with Crippen molar-refractivity contribution >= 4 is 12.2 Å². The van der Waals surface area contributed by atoms with Gasteiger partial charge in [-0.2, -0.15) is 0 Å². The van der Waals surface area contributed by atoms with Crippen LogP contribution in [0, 0.1) is 35.0 Å². The molecule has 0 saturated heterocycles. The number of imidazole rings is 1. The molecule has 0 radical (unpaired) electrons. The van der Waals surface area contributed by atoms with E-state index >= 15 is 0 Å². The average Bonchev–Trinajstić information content (AvgIpc) is 2.91. The minimum Gasteiger partial charge on any atom is -0.335 e. The van der Waals surface area contributed by atoms with Crippen LogP contribution in [0.5, 0.6) is 0 Å². The second-order valence-corrected chi connectivity index (χ2v) is 5.28. The molecule has 0 spiro atoms. The molecule has 1 aliphatic rings. The molecule has 2 aromatic rings. The van der Waals surface area contributed by atoms with Crippen molar-refractivity contribution < 1.29 is 17.6 Å². The fraction of sp³-hybridized carbons (Fsp3) is 0.308. The third-order valence-corrected chi connectivity index (χ3v) is 4.02. The molecule has 0 bridgehead atoms. The number of rotatable bonds is 1. The number of nitrogens with one attached hydrogen (secondary N) is 1. The lowest BCUT2D eigenvalue weighted by Gasteiger charge is -2.13. The van der Waals surface area contributed by atoms with Gasteiger partial charge in [0.1, 0.15) is 0 Å². The first-order chi connectivity index (χ1) is 9.40. The molecule has 1 N–H and O–H groups in total. The van der Waals surface area contributed by atoms with Gasteiger partial charge in [-0.1, -0.05) is 0 Å². The number of hydrogen-bond acceptors (Lipinski definition) is 1. The highest BCUT2D eigenvalue weighted by atomic mass is 32.1. The Balaban J connectivity index is 2.10. The number of halogens is 4. The Morgan fingerprint density at radius 2 is 1.80 bits per heavy atom. The number of H-pyrrole nitrogens is 1. The van der Waals surface area contributed by atoms with Crippen LogP contribution in [0.1, 0.15) is 22.9 Å². The standard InChI is InChI=1S/C13H10F4N2S/c1-5-9-2-6(4-19(9)13(20)18-5)10-11(16)7(14)3-8(15)12(10)17/h3,6H,2,4H2,1H3,(H,18,20)/t6-/m0/s1. The van der Waals surface area contributed by atoms with Gasteiger partial charge in [-0.05, 0) is 25.6 Å². The average molecular weight is 302 g/mol. The van der Waals surface area contributed by atoms with Gasteiger partial charge in [-0.15, -0.1) is 0 Å². The maximum atomic E-state index is 13.8. The van der Waals surface area contributed by atoms with Crippen LogP contribution < -0.4 is 0 Å². The van der Waals surface area contributed by atoms with Crippen molar-refractivity contribution in [2.75, 3.05) is 0 Å². The van der Waals surface area contributed by atoms with Crippen molar-refractivity contribution in [3.63, 3.8) is 0 Å². The molecular formula is C13H10F4N2S. The first-order valence-corrected chi connectivity index (χ1v) is 6.42. The van der Waals surface area contributed by atoms with Crippen molar-refractivity contribution in [2.45, 2.75) is 25.8 Å². The van der Waals surface area contributed by atoms with E-state index in [0.29, 0.717) is 4.77 Å². The molecule has 2 nitrogen and oxygen atoms in total.